The molecule has 0 heteroatoms. The maximum absolute atomic E-state index is 2.70. The molecule has 28 heavy (non-hydrogen) atoms. The summed E-state index contributed by atoms with van der Waals surface area (Å²) in [5, 5.41) is 0. The second-order valence-corrected chi connectivity index (χ2v) is 13.7. The van der Waals surface area contributed by atoms with Gasteiger partial charge >= 0.3 is 0 Å². The number of hydrogen-bond donors (Lipinski definition) is 0. The van der Waals surface area contributed by atoms with Gasteiger partial charge in [0.1, 0.15) is 0 Å². The SMILES string of the molecule is C1=C/CC23CC4CC(C2)CC(C/C=C/CC25CC6CC(CC(C/1)(C6)C2)C5)(C4)C3. The standard InChI is InChI=1S/C28H40/c1-2-6-26-13-23-10-24(14-26)18-28(17-23,20-26)8-4-3-7-27-15-21-9-22(16-27)12-25(5-1,11-21)19-27/h1-4,21-24H,5-20H2/b2-1+,4-3+. The lowest BCUT2D eigenvalue weighted by Gasteiger charge is -2.63. The molecular formula is C28H40. The van der Waals surface area contributed by atoms with Crippen LogP contribution in [-0.4, -0.2) is 0 Å². The summed E-state index contributed by atoms with van der Waals surface area (Å²) in [5.74, 6) is 4.27. The van der Waals surface area contributed by atoms with Crippen molar-refractivity contribution < 1.29 is 0 Å². The number of rotatable bonds is 0. The number of hydrogen-bond acceptors (Lipinski definition) is 0. The molecule has 152 valence electrons. The van der Waals surface area contributed by atoms with Gasteiger partial charge in [0.2, 0.25) is 0 Å². The minimum absolute atomic E-state index is 0.696. The van der Waals surface area contributed by atoms with Crippen LogP contribution in [0.3, 0.4) is 0 Å². The highest BCUT2D eigenvalue weighted by Gasteiger charge is 2.58. The molecule has 9 rings (SSSR count). The molecule has 8 saturated carbocycles. The summed E-state index contributed by atoms with van der Waals surface area (Å²) in [4.78, 5) is 0. The van der Waals surface area contributed by atoms with Gasteiger partial charge < -0.3 is 0 Å². The van der Waals surface area contributed by atoms with Gasteiger partial charge in [-0.2, -0.15) is 0 Å². The third-order valence-corrected chi connectivity index (χ3v) is 11.1. The fourth-order valence-electron chi connectivity index (χ4n) is 11.6. The Kier molecular flexibility index (Phi) is 3.43. The van der Waals surface area contributed by atoms with Gasteiger partial charge in [0.05, 0.1) is 0 Å². The Morgan fingerprint density at radius 3 is 0.893 bits per heavy atom. The van der Waals surface area contributed by atoms with Crippen molar-refractivity contribution in [1.29, 1.82) is 0 Å². The molecule has 0 aromatic rings. The van der Waals surface area contributed by atoms with E-state index in [9.17, 15) is 0 Å². The van der Waals surface area contributed by atoms with E-state index in [-0.39, 0.29) is 0 Å². The van der Waals surface area contributed by atoms with Crippen molar-refractivity contribution in [2.24, 2.45) is 45.3 Å². The van der Waals surface area contributed by atoms with E-state index >= 15 is 0 Å². The summed E-state index contributed by atoms with van der Waals surface area (Å²) in [5.41, 5.74) is 2.78. The first-order valence-electron chi connectivity index (χ1n) is 12.9. The van der Waals surface area contributed by atoms with E-state index in [1.165, 1.54) is 25.7 Å². The Balaban J connectivity index is 1.23. The molecule has 8 bridgehead atoms. The largest absolute Gasteiger partial charge is 0.0880 e. The molecule has 9 aliphatic rings. The van der Waals surface area contributed by atoms with Gasteiger partial charge in [-0.3, -0.25) is 0 Å². The van der Waals surface area contributed by atoms with Crippen molar-refractivity contribution >= 4 is 0 Å². The zero-order chi connectivity index (χ0) is 18.5. The molecule has 0 saturated heterocycles. The van der Waals surface area contributed by atoms with Gasteiger partial charge in [0, 0.05) is 0 Å². The highest BCUT2D eigenvalue weighted by Crippen LogP contribution is 2.69. The second kappa shape index (κ2) is 5.59. The molecule has 0 aliphatic heterocycles. The average molecular weight is 377 g/mol. The summed E-state index contributed by atoms with van der Waals surface area (Å²) in [6, 6.07) is 0. The van der Waals surface area contributed by atoms with E-state index in [0.29, 0.717) is 21.7 Å². The van der Waals surface area contributed by atoms with Gasteiger partial charge in [0.25, 0.3) is 0 Å². The molecule has 0 amide bonds. The minimum atomic E-state index is 0.696. The minimum Gasteiger partial charge on any atom is -0.0880 e. The van der Waals surface area contributed by atoms with Crippen LogP contribution in [-0.2, 0) is 0 Å². The molecule has 0 heterocycles. The Bertz CT molecular complexity index is 580. The Morgan fingerprint density at radius 2 is 0.643 bits per heavy atom. The van der Waals surface area contributed by atoms with Crippen LogP contribution in [0.5, 0.6) is 0 Å². The topological polar surface area (TPSA) is 0 Å². The van der Waals surface area contributed by atoms with Gasteiger partial charge in [-0.05, 0) is 148 Å². The van der Waals surface area contributed by atoms with Gasteiger partial charge in [-0.1, -0.05) is 24.3 Å². The first kappa shape index (κ1) is 17.2. The van der Waals surface area contributed by atoms with Crippen LogP contribution in [0.1, 0.15) is 103 Å². The zero-order valence-corrected chi connectivity index (χ0v) is 17.9. The molecule has 9 aliphatic carbocycles. The highest BCUT2D eigenvalue weighted by atomic mass is 14.6. The first-order valence-corrected chi connectivity index (χ1v) is 12.9. The quantitative estimate of drug-likeness (QED) is 0.378. The van der Waals surface area contributed by atoms with Crippen molar-refractivity contribution in [2.45, 2.75) is 103 Å². The maximum Gasteiger partial charge on any atom is -0.0252 e. The summed E-state index contributed by atoms with van der Waals surface area (Å²) in [7, 11) is 0. The van der Waals surface area contributed by atoms with Gasteiger partial charge in [-0.15, -0.1) is 0 Å². The third kappa shape index (κ3) is 2.54. The van der Waals surface area contributed by atoms with E-state index in [1.807, 2.05) is 0 Å². The van der Waals surface area contributed by atoms with E-state index in [1.54, 1.807) is 77.0 Å². The number of allylic oxidation sites excluding steroid dienone is 4. The molecule has 0 N–H and O–H groups in total. The van der Waals surface area contributed by atoms with Crippen molar-refractivity contribution in [2.75, 3.05) is 0 Å². The summed E-state index contributed by atoms with van der Waals surface area (Å²) < 4.78 is 0. The molecule has 0 nitrogen and oxygen atoms in total. The lowest BCUT2D eigenvalue weighted by molar-refractivity contribution is -0.111. The monoisotopic (exact) mass is 376 g/mol. The van der Waals surface area contributed by atoms with Crippen LogP contribution >= 0.6 is 0 Å². The molecule has 0 atom stereocenters. The van der Waals surface area contributed by atoms with Gasteiger partial charge in [-0.25, -0.2) is 0 Å². The molecular weight excluding hydrogens is 336 g/mol. The van der Waals surface area contributed by atoms with Crippen LogP contribution in [0.25, 0.3) is 0 Å². The van der Waals surface area contributed by atoms with E-state index in [4.69, 9.17) is 0 Å². The zero-order valence-electron chi connectivity index (χ0n) is 17.9. The highest BCUT2D eigenvalue weighted by molar-refractivity contribution is 5.15. The molecule has 0 radical (unpaired) electrons. The third-order valence-electron chi connectivity index (χ3n) is 11.1. The normalized spacial score (nSPS) is 61.1. The maximum atomic E-state index is 2.70. The fourth-order valence-corrected chi connectivity index (χ4v) is 11.6. The predicted molar refractivity (Wildman–Crippen MR) is 116 cm³/mol. The first-order chi connectivity index (χ1) is 13.6. The predicted octanol–water partition coefficient (Wildman–Crippen LogP) is 7.85. The fraction of sp³-hybridized carbons (Fsp3) is 0.857. The molecule has 4 spiro atoms. The molecule has 8 fully saturated rings. The summed E-state index contributed by atoms with van der Waals surface area (Å²) in [6.07, 6.45) is 35.3. The van der Waals surface area contributed by atoms with Crippen LogP contribution in [0.15, 0.2) is 24.3 Å². The summed E-state index contributed by atoms with van der Waals surface area (Å²) >= 11 is 0. The van der Waals surface area contributed by atoms with Crippen molar-refractivity contribution in [3.63, 3.8) is 0 Å². The van der Waals surface area contributed by atoms with E-state index in [0.717, 1.165) is 23.7 Å². The van der Waals surface area contributed by atoms with Crippen LogP contribution in [0, 0.1) is 45.3 Å². The van der Waals surface area contributed by atoms with E-state index < -0.39 is 0 Å². The lowest BCUT2D eigenvalue weighted by atomic mass is 9.42. The van der Waals surface area contributed by atoms with Crippen molar-refractivity contribution in [3.8, 4) is 0 Å². The Labute approximate surface area is 172 Å². The summed E-state index contributed by atoms with van der Waals surface area (Å²) in [6.45, 7) is 0. The lowest BCUT2D eigenvalue weighted by Crippen LogP contribution is -2.52. The Morgan fingerprint density at radius 1 is 0.393 bits per heavy atom. The molecule has 0 aromatic heterocycles. The van der Waals surface area contributed by atoms with Crippen LogP contribution < -0.4 is 0 Å². The van der Waals surface area contributed by atoms with Crippen molar-refractivity contribution in [3.05, 3.63) is 24.3 Å². The average Bonchev–Trinajstić information content (AvgIpc) is 2.60. The molecule has 0 unspecified atom stereocenters. The van der Waals surface area contributed by atoms with Gasteiger partial charge in [0.15, 0.2) is 0 Å². The Hall–Kier alpha value is -0.520. The van der Waals surface area contributed by atoms with Crippen molar-refractivity contribution in [1.82, 2.24) is 0 Å². The van der Waals surface area contributed by atoms with E-state index in [2.05, 4.69) is 24.3 Å². The molecule has 0 aromatic carbocycles. The second-order valence-electron chi connectivity index (χ2n) is 13.7. The van der Waals surface area contributed by atoms with Crippen LogP contribution in [0.2, 0.25) is 0 Å². The smallest absolute Gasteiger partial charge is 0.0252 e. The van der Waals surface area contributed by atoms with Crippen LogP contribution in [0.4, 0.5) is 0 Å².